The van der Waals surface area contributed by atoms with E-state index in [2.05, 4.69) is 100 Å². The van der Waals surface area contributed by atoms with E-state index in [1.165, 1.54) is 16.8 Å². The summed E-state index contributed by atoms with van der Waals surface area (Å²) in [4.78, 5) is 7.54. The van der Waals surface area contributed by atoms with Crippen LogP contribution in [0, 0.1) is 0 Å². The zero-order valence-electron chi connectivity index (χ0n) is 17.8. The maximum Gasteiger partial charge on any atom is 0.145 e. The van der Waals surface area contributed by atoms with Crippen molar-refractivity contribution in [3.63, 3.8) is 0 Å². The van der Waals surface area contributed by atoms with Crippen molar-refractivity contribution in [2.45, 2.75) is 12.7 Å². The Labute approximate surface area is 187 Å². The van der Waals surface area contributed by atoms with Crippen LogP contribution in [0.4, 0.5) is 5.69 Å². The van der Waals surface area contributed by atoms with Gasteiger partial charge in [0.05, 0.1) is 18.1 Å². The minimum absolute atomic E-state index is 0.0292. The van der Waals surface area contributed by atoms with Crippen LogP contribution in [0.3, 0.4) is 0 Å². The van der Waals surface area contributed by atoms with E-state index in [0.717, 1.165) is 34.7 Å². The lowest BCUT2D eigenvalue weighted by Gasteiger charge is -2.40. The Hall–Kier alpha value is -4.05. The molecule has 2 heterocycles. The molecule has 1 aliphatic heterocycles. The molecule has 4 nitrogen and oxygen atoms in total. The number of fused-ring (bicyclic) bond motifs is 5. The summed E-state index contributed by atoms with van der Waals surface area (Å²) in [6, 6.07) is 36.0. The topological polar surface area (TPSA) is 30.3 Å². The van der Waals surface area contributed by atoms with Crippen molar-refractivity contribution in [1.82, 2.24) is 9.55 Å². The monoisotopic (exact) mass is 417 g/mol. The molecule has 1 atom stereocenters. The Kier molecular flexibility index (Phi) is 4.43. The van der Waals surface area contributed by atoms with Gasteiger partial charge in [-0.3, -0.25) is 4.57 Å². The van der Waals surface area contributed by atoms with Crippen LogP contribution in [0.1, 0.15) is 17.3 Å². The van der Waals surface area contributed by atoms with Gasteiger partial charge < -0.3 is 9.64 Å². The van der Waals surface area contributed by atoms with Gasteiger partial charge in [-0.25, -0.2) is 4.98 Å². The average molecular weight is 418 g/mol. The van der Waals surface area contributed by atoms with Crippen molar-refractivity contribution in [2.24, 2.45) is 0 Å². The van der Waals surface area contributed by atoms with Gasteiger partial charge in [0.1, 0.15) is 17.7 Å². The third-order valence-corrected chi connectivity index (χ3v) is 6.20. The fourth-order valence-electron chi connectivity index (χ4n) is 4.72. The minimum Gasteiger partial charge on any atom is -0.497 e. The summed E-state index contributed by atoms with van der Waals surface area (Å²) in [5.74, 6) is 1.86. The van der Waals surface area contributed by atoms with Crippen molar-refractivity contribution in [3.05, 3.63) is 114 Å². The molecule has 1 aliphatic rings. The van der Waals surface area contributed by atoms with E-state index in [1.807, 2.05) is 12.1 Å². The van der Waals surface area contributed by atoms with E-state index in [9.17, 15) is 0 Å². The molecular weight excluding hydrogens is 394 g/mol. The molecule has 0 saturated heterocycles. The molecule has 0 radical (unpaired) electrons. The lowest BCUT2D eigenvalue weighted by atomic mass is 10.0. The summed E-state index contributed by atoms with van der Waals surface area (Å²) in [5.41, 5.74) is 6.96. The highest BCUT2D eigenvalue weighted by molar-refractivity contribution is 5.87. The summed E-state index contributed by atoms with van der Waals surface area (Å²) in [5, 5.41) is 0. The Morgan fingerprint density at radius 3 is 2.31 bits per heavy atom. The second kappa shape index (κ2) is 7.57. The molecule has 0 unspecified atom stereocenters. The Balaban J connectivity index is 1.62. The first kappa shape index (κ1) is 18.7. The summed E-state index contributed by atoms with van der Waals surface area (Å²) in [7, 11) is 1.70. The molecule has 5 aromatic rings. The van der Waals surface area contributed by atoms with Crippen molar-refractivity contribution in [3.8, 4) is 17.1 Å². The van der Waals surface area contributed by atoms with Crippen LogP contribution in [0.5, 0.6) is 5.75 Å². The smallest absolute Gasteiger partial charge is 0.145 e. The van der Waals surface area contributed by atoms with E-state index in [0.29, 0.717) is 0 Å². The van der Waals surface area contributed by atoms with Gasteiger partial charge in [-0.05, 0) is 47.5 Å². The number of aromatic nitrogens is 2. The number of ether oxygens (including phenoxy) is 1. The van der Waals surface area contributed by atoms with Gasteiger partial charge in [0.25, 0.3) is 0 Å². The Morgan fingerprint density at radius 2 is 1.50 bits per heavy atom. The molecule has 4 aromatic carbocycles. The molecule has 0 bridgehead atoms. The van der Waals surface area contributed by atoms with Gasteiger partial charge in [0.15, 0.2) is 0 Å². The van der Waals surface area contributed by atoms with E-state index in [-0.39, 0.29) is 6.17 Å². The molecule has 6 rings (SSSR count). The standard InChI is InChI=1S/C28H23N3O/c1-32-22-17-15-21(16-18-22)28-30(19-20-9-3-2-4-10-20)25-13-7-5-11-23(25)27-29-24-12-6-8-14-26(24)31(27)28/h2-18,28H,19H2,1H3/t28-/m0/s1. The number of hydrogen-bond donors (Lipinski definition) is 0. The summed E-state index contributed by atoms with van der Waals surface area (Å²) in [6.45, 7) is 0.792. The van der Waals surface area contributed by atoms with Gasteiger partial charge >= 0.3 is 0 Å². The molecule has 0 aliphatic carbocycles. The highest BCUT2D eigenvalue weighted by Crippen LogP contribution is 2.45. The Bertz CT molecular complexity index is 1390. The second-order valence-corrected chi connectivity index (χ2v) is 8.07. The average Bonchev–Trinajstić information content (AvgIpc) is 3.25. The lowest BCUT2D eigenvalue weighted by molar-refractivity contribution is 0.414. The lowest BCUT2D eigenvalue weighted by Crippen LogP contribution is -2.36. The fourth-order valence-corrected chi connectivity index (χ4v) is 4.72. The molecule has 0 saturated carbocycles. The largest absolute Gasteiger partial charge is 0.497 e. The molecule has 156 valence electrons. The van der Waals surface area contributed by atoms with Crippen molar-refractivity contribution < 1.29 is 4.74 Å². The highest BCUT2D eigenvalue weighted by Gasteiger charge is 2.34. The number of anilines is 1. The van der Waals surface area contributed by atoms with Crippen LogP contribution in [-0.4, -0.2) is 16.7 Å². The maximum absolute atomic E-state index is 5.43. The fraction of sp³-hybridized carbons (Fsp3) is 0.107. The maximum atomic E-state index is 5.43. The third kappa shape index (κ3) is 2.95. The molecule has 0 N–H and O–H groups in total. The number of rotatable bonds is 4. The van der Waals surface area contributed by atoms with Gasteiger partial charge in [-0.2, -0.15) is 0 Å². The first-order valence-electron chi connectivity index (χ1n) is 10.8. The zero-order valence-corrected chi connectivity index (χ0v) is 17.8. The van der Waals surface area contributed by atoms with Crippen LogP contribution < -0.4 is 9.64 Å². The SMILES string of the molecule is COc1ccc([C@H]2N(Cc3ccccc3)c3ccccc3-c3nc4ccccc4n32)cc1. The van der Waals surface area contributed by atoms with Crippen molar-refractivity contribution >= 4 is 16.7 Å². The third-order valence-electron chi connectivity index (χ3n) is 6.20. The molecule has 1 aromatic heterocycles. The van der Waals surface area contributed by atoms with Crippen molar-refractivity contribution in [1.29, 1.82) is 0 Å². The predicted octanol–water partition coefficient (Wildman–Crippen LogP) is 6.28. The number of nitrogens with zero attached hydrogens (tertiary/aromatic N) is 3. The second-order valence-electron chi connectivity index (χ2n) is 8.07. The normalized spacial score (nSPS) is 14.8. The predicted molar refractivity (Wildman–Crippen MR) is 129 cm³/mol. The first-order chi connectivity index (χ1) is 15.8. The quantitative estimate of drug-likeness (QED) is 0.345. The molecule has 0 amide bonds. The summed E-state index contributed by atoms with van der Waals surface area (Å²) < 4.78 is 7.80. The number of methoxy groups -OCH3 is 1. The van der Waals surface area contributed by atoms with Crippen LogP contribution >= 0.6 is 0 Å². The van der Waals surface area contributed by atoms with Crippen molar-refractivity contribution in [2.75, 3.05) is 12.0 Å². The number of benzene rings is 4. The van der Waals surface area contributed by atoms with Crippen LogP contribution in [-0.2, 0) is 6.54 Å². The number of hydrogen-bond acceptors (Lipinski definition) is 3. The number of para-hydroxylation sites is 3. The van der Waals surface area contributed by atoms with E-state index in [1.54, 1.807) is 7.11 Å². The highest BCUT2D eigenvalue weighted by atomic mass is 16.5. The van der Waals surface area contributed by atoms with Gasteiger partial charge in [0.2, 0.25) is 0 Å². The molecule has 0 fully saturated rings. The molecular formula is C28H23N3O. The molecule has 4 heteroatoms. The van der Waals surface area contributed by atoms with Gasteiger partial charge in [0, 0.05) is 17.8 Å². The summed E-state index contributed by atoms with van der Waals surface area (Å²) in [6.07, 6.45) is -0.0292. The Morgan fingerprint density at radius 1 is 0.781 bits per heavy atom. The van der Waals surface area contributed by atoms with Crippen LogP contribution in [0.2, 0.25) is 0 Å². The minimum atomic E-state index is -0.0292. The zero-order chi connectivity index (χ0) is 21.5. The van der Waals surface area contributed by atoms with Crippen LogP contribution in [0.15, 0.2) is 103 Å². The molecule has 32 heavy (non-hydrogen) atoms. The number of imidazole rings is 1. The van der Waals surface area contributed by atoms with E-state index < -0.39 is 0 Å². The summed E-state index contributed by atoms with van der Waals surface area (Å²) >= 11 is 0. The first-order valence-corrected chi connectivity index (χ1v) is 10.8. The van der Waals surface area contributed by atoms with E-state index in [4.69, 9.17) is 9.72 Å². The molecule has 0 spiro atoms. The van der Waals surface area contributed by atoms with Gasteiger partial charge in [-0.15, -0.1) is 0 Å². The van der Waals surface area contributed by atoms with Gasteiger partial charge in [-0.1, -0.05) is 66.7 Å². The van der Waals surface area contributed by atoms with E-state index >= 15 is 0 Å². The van der Waals surface area contributed by atoms with Crippen LogP contribution in [0.25, 0.3) is 22.4 Å².